The van der Waals surface area contributed by atoms with Gasteiger partial charge in [-0.1, -0.05) is 18.9 Å². The highest BCUT2D eigenvalue weighted by Gasteiger charge is 2.39. The first kappa shape index (κ1) is 19.2. The lowest BCUT2D eigenvalue weighted by molar-refractivity contribution is -0.132. The van der Waals surface area contributed by atoms with Crippen molar-refractivity contribution in [3.05, 3.63) is 29.3 Å². The number of amides is 1. The maximum absolute atomic E-state index is 12.0. The fourth-order valence-electron chi connectivity index (χ4n) is 4.15. The van der Waals surface area contributed by atoms with E-state index in [4.69, 9.17) is 4.74 Å². The Morgan fingerprint density at radius 1 is 1.19 bits per heavy atom. The maximum atomic E-state index is 12.0. The van der Waals surface area contributed by atoms with E-state index >= 15 is 0 Å². The summed E-state index contributed by atoms with van der Waals surface area (Å²) in [6, 6.07) is 6.51. The Kier molecular flexibility index (Phi) is 5.88. The van der Waals surface area contributed by atoms with Gasteiger partial charge in [-0.3, -0.25) is 9.69 Å². The van der Waals surface area contributed by atoms with Crippen LogP contribution in [0.25, 0.3) is 0 Å². The number of aliphatic hydroxyl groups is 1. The largest absolute Gasteiger partial charge is 0.490 e. The molecule has 0 aromatic heterocycles. The van der Waals surface area contributed by atoms with Gasteiger partial charge in [-0.25, -0.2) is 0 Å². The predicted molar refractivity (Wildman–Crippen MR) is 102 cm³/mol. The Hall–Kier alpha value is -1.59. The van der Waals surface area contributed by atoms with Crippen LogP contribution in [0.3, 0.4) is 0 Å². The maximum Gasteiger partial charge on any atom is 0.219 e. The zero-order valence-electron chi connectivity index (χ0n) is 16.3. The molecule has 1 aromatic rings. The van der Waals surface area contributed by atoms with E-state index in [0.717, 1.165) is 12.3 Å². The Balaban J connectivity index is 1.72. The van der Waals surface area contributed by atoms with Crippen molar-refractivity contribution in [2.45, 2.75) is 58.1 Å². The smallest absolute Gasteiger partial charge is 0.219 e. The molecule has 1 atom stereocenters. The SMILES string of the molecule is CC(=O)N1CCN(C2CCCC2)CC(O)(COc2ccc(C)c(C)c2)C1. The molecule has 1 unspecified atom stereocenters. The molecule has 1 saturated heterocycles. The third kappa shape index (κ3) is 4.57. The summed E-state index contributed by atoms with van der Waals surface area (Å²) < 4.78 is 5.96. The minimum atomic E-state index is -1.05. The number of carbonyl (C=O) groups is 1. The molecule has 5 nitrogen and oxygen atoms in total. The van der Waals surface area contributed by atoms with Crippen LogP contribution in [0.1, 0.15) is 43.7 Å². The summed E-state index contributed by atoms with van der Waals surface area (Å²) >= 11 is 0. The minimum absolute atomic E-state index is 0.0166. The highest BCUT2D eigenvalue weighted by molar-refractivity contribution is 5.73. The summed E-state index contributed by atoms with van der Waals surface area (Å²) in [6.45, 7) is 8.30. The molecule has 1 aromatic carbocycles. The molecule has 1 saturated carbocycles. The zero-order valence-corrected chi connectivity index (χ0v) is 16.3. The molecular weight excluding hydrogens is 328 g/mol. The molecule has 1 amide bonds. The van der Waals surface area contributed by atoms with Crippen LogP contribution in [0.4, 0.5) is 0 Å². The van der Waals surface area contributed by atoms with Gasteiger partial charge in [0.15, 0.2) is 0 Å². The molecule has 1 aliphatic heterocycles. The van der Waals surface area contributed by atoms with Crippen molar-refractivity contribution in [3.8, 4) is 5.75 Å². The molecular formula is C21H32N2O3. The summed E-state index contributed by atoms with van der Waals surface area (Å²) in [5.41, 5.74) is 1.35. The minimum Gasteiger partial charge on any atom is -0.490 e. The number of hydrogen-bond acceptors (Lipinski definition) is 4. The summed E-state index contributed by atoms with van der Waals surface area (Å²) in [7, 11) is 0. The summed E-state index contributed by atoms with van der Waals surface area (Å²) in [5, 5.41) is 11.3. The first-order chi connectivity index (χ1) is 12.4. The number of rotatable bonds is 4. The van der Waals surface area contributed by atoms with Crippen LogP contribution in [0.15, 0.2) is 18.2 Å². The molecule has 144 valence electrons. The first-order valence-electron chi connectivity index (χ1n) is 9.78. The Labute approximate surface area is 156 Å². The monoisotopic (exact) mass is 360 g/mol. The summed E-state index contributed by atoms with van der Waals surface area (Å²) in [4.78, 5) is 16.1. The average molecular weight is 360 g/mol. The number of aryl methyl sites for hydroxylation is 2. The normalized spacial score (nSPS) is 25.3. The molecule has 2 fully saturated rings. The third-order valence-corrected chi connectivity index (χ3v) is 5.91. The van der Waals surface area contributed by atoms with Crippen LogP contribution in [-0.4, -0.2) is 65.2 Å². The summed E-state index contributed by atoms with van der Waals surface area (Å²) in [6.07, 6.45) is 4.90. The second-order valence-electron chi connectivity index (χ2n) is 8.11. The first-order valence-corrected chi connectivity index (χ1v) is 9.78. The molecule has 0 radical (unpaired) electrons. The van der Waals surface area contributed by atoms with E-state index in [1.807, 2.05) is 18.2 Å². The Morgan fingerprint density at radius 3 is 2.58 bits per heavy atom. The fraction of sp³-hybridized carbons (Fsp3) is 0.667. The van der Waals surface area contributed by atoms with Crippen LogP contribution in [0.5, 0.6) is 5.75 Å². The Morgan fingerprint density at radius 2 is 1.92 bits per heavy atom. The van der Waals surface area contributed by atoms with Gasteiger partial charge in [0, 0.05) is 32.6 Å². The standard InChI is InChI=1S/C21H32N2O3/c1-16-8-9-20(12-17(16)2)26-15-21(25)13-22(18(3)24)10-11-23(14-21)19-6-4-5-7-19/h8-9,12,19,25H,4-7,10-11,13-15H2,1-3H3. The molecule has 3 rings (SSSR count). The predicted octanol–water partition coefficient (Wildman–Crippen LogP) is 2.52. The van der Waals surface area contributed by atoms with Crippen molar-refractivity contribution >= 4 is 5.91 Å². The lowest BCUT2D eigenvalue weighted by atomic mass is 10.0. The lowest BCUT2D eigenvalue weighted by Gasteiger charge is -2.35. The highest BCUT2D eigenvalue weighted by atomic mass is 16.5. The third-order valence-electron chi connectivity index (χ3n) is 5.91. The molecule has 26 heavy (non-hydrogen) atoms. The van der Waals surface area contributed by atoms with Crippen molar-refractivity contribution in [1.82, 2.24) is 9.80 Å². The van der Waals surface area contributed by atoms with Crippen LogP contribution in [0, 0.1) is 13.8 Å². The van der Waals surface area contributed by atoms with E-state index in [1.54, 1.807) is 11.8 Å². The number of benzene rings is 1. The number of ether oxygens (including phenoxy) is 1. The topological polar surface area (TPSA) is 53.0 Å². The van der Waals surface area contributed by atoms with Crippen LogP contribution < -0.4 is 4.74 Å². The van der Waals surface area contributed by atoms with Crippen molar-refractivity contribution in [1.29, 1.82) is 0 Å². The second-order valence-corrected chi connectivity index (χ2v) is 8.11. The van der Waals surface area contributed by atoms with Crippen molar-refractivity contribution in [2.24, 2.45) is 0 Å². The van der Waals surface area contributed by atoms with Crippen LogP contribution in [-0.2, 0) is 4.79 Å². The van der Waals surface area contributed by atoms with Gasteiger partial charge in [-0.05, 0) is 49.9 Å². The molecule has 2 aliphatic rings. The van der Waals surface area contributed by atoms with E-state index in [1.165, 1.54) is 36.8 Å². The van der Waals surface area contributed by atoms with E-state index in [-0.39, 0.29) is 12.5 Å². The molecule has 0 spiro atoms. The van der Waals surface area contributed by atoms with E-state index < -0.39 is 5.60 Å². The van der Waals surface area contributed by atoms with Gasteiger partial charge < -0.3 is 14.7 Å². The van der Waals surface area contributed by atoms with Gasteiger partial charge in [0.1, 0.15) is 18.0 Å². The van der Waals surface area contributed by atoms with Crippen molar-refractivity contribution in [2.75, 3.05) is 32.8 Å². The van der Waals surface area contributed by atoms with Gasteiger partial charge in [-0.15, -0.1) is 0 Å². The van der Waals surface area contributed by atoms with Crippen molar-refractivity contribution in [3.63, 3.8) is 0 Å². The number of nitrogens with zero attached hydrogens (tertiary/aromatic N) is 2. The summed E-state index contributed by atoms with van der Waals surface area (Å²) in [5.74, 6) is 0.787. The fourth-order valence-corrected chi connectivity index (χ4v) is 4.15. The number of hydrogen-bond donors (Lipinski definition) is 1. The molecule has 5 heteroatoms. The van der Waals surface area contributed by atoms with Gasteiger partial charge in [0.25, 0.3) is 0 Å². The molecule has 0 bridgehead atoms. The second kappa shape index (κ2) is 7.97. The average Bonchev–Trinajstić information content (AvgIpc) is 3.07. The van der Waals surface area contributed by atoms with E-state index in [0.29, 0.717) is 25.7 Å². The number of carbonyl (C=O) groups excluding carboxylic acids is 1. The van der Waals surface area contributed by atoms with E-state index in [2.05, 4.69) is 18.7 Å². The Bertz CT molecular complexity index is 642. The van der Waals surface area contributed by atoms with Gasteiger partial charge in [-0.2, -0.15) is 0 Å². The van der Waals surface area contributed by atoms with Crippen molar-refractivity contribution < 1.29 is 14.6 Å². The zero-order chi connectivity index (χ0) is 18.7. The molecule has 1 N–H and O–H groups in total. The number of β-amino-alcohol motifs (C(OH)–C–C–N with tert-alkyl or cyclic N) is 1. The van der Waals surface area contributed by atoms with Gasteiger partial charge in [0.05, 0.1) is 6.54 Å². The molecule has 1 heterocycles. The molecule has 1 aliphatic carbocycles. The highest BCUT2D eigenvalue weighted by Crippen LogP contribution is 2.27. The van der Waals surface area contributed by atoms with Gasteiger partial charge in [0.2, 0.25) is 5.91 Å². The van der Waals surface area contributed by atoms with Crippen LogP contribution >= 0.6 is 0 Å². The van der Waals surface area contributed by atoms with E-state index in [9.17, 15) is 9.90 Å². The van der Waals surface area contributed by atoms with Gasteiger partial charge >= 0.3 is 0 Å². The lowest BCUT2D eigenvalue weighted by Crippen LogP contribution is -2.53. The quantitative estimate of drug-likeness (QED) is 0.896. The van der Waals surface area contributed by atoms with Crippen LogP contribution in [0.2, 0.25) is 0 Å².